The van der Waals surface area contributed by atoms with Gasteiger partial charge in [0.1, 0.15) is 0 Å². The normalized spacial score (nSPS) is 11.3. The Balaban J connectivity index is 1.86. The number of carbonyl (C=O) groups is 1. The number of para-hydroxylation sites is 1. The second kappa shape index (κ2) is 6.52. The second-order valence-corrected chi connectivity index (χ2v) is 7.37. The minimum Gasteiger partial charge on any atom is -0.266 e. The summed E-state index contributed by atoms with van der Waals surface area (Å²) in [6.45, 7) is 3.56. The van der Waals surface area contributed by atoms with Gasteiger partial charge in [0, 0.05) is 11.8 Å². The van der Waals surface area contributed by atoms with E-state index in [1.807, 2.05) is 37.3 Å². The van der Waals surface area contributed by atoms with Gasteiger partial charge in [-0.1, -0.05) is 35.9 Å². The van der Waals surface area contributed by atoms with E-state index in [0.29, 0.717) is 5.56 Å². The molecule has 1 aromatic heterocycles. The average molecular weight is 355 g/mol. The molecule has 0 spiro atoms. The fraction of sp³-hybridized carbons (Fsp3) is 0.111. The molecule has 128 valence electrons. The summed E-state index contributed by atoms with van der Waals surface area (Å²) < 4.78 is 28.3. The summed E-state index contributed by atoms with van der Waals surface area (Å²) in [6.07, 6.45) is 1.68. The van der Waals surface area contributed by atoms with Gasteiger partial charge in [0.05, 0.1) is 10.6 Å². The van der Waals surface area contributed by atoms with E-state index in [4.69, 9.17) is 0 Å². The van der Waals surface area contributed by atoms with Crippen LogP contribution in [-0.4, -0.2) is 24.1 Å². The molecule has 0 aliphatic carbocycles. The van der Waals surface area contributed by atoms with Crippen LogP contribution in [0.3, 0.4) is 0 Å². The highest BCUT2D eigenvalue weighted by atomic mass is 32.2. The van der Waals surface area contributed by atoms with E-state index in [-0.39, 0.29) is 10.6 Å². The molecule has 0 aliphatic rings. The van der Waals surface area contributed by atoms with Crippen molar-refractivity contribution in [2.75, 3.05) is 0 Å². The lowest BCUT2D eigenvalue weighted by atomic mass is 10.2. The lowest BCUT2D eigenvalue weighted by Gasteiger charge is -2.06. The molecule has 0 aliphatic heterocycles. The van der Waals surface area contributed by atoms with Crippen LogP contribution in [0.2, 0.25) is 0 Å². The van der Waals surface area contributed by atoms with Gasteiger partial charge < -0.3 is 0 Å². The minimum absolute atomic E-state index is 0.0339. The summed E-state index contributed by atoms with van der Waals surface area (Å²) in [4.78, 5) is 12.4. The maximum absolute atomic E-state index is 12.4. The molecule has 0 bridgehead atoms. The smallest absolute Gasteiger partial charge is 0.266 e. The Morgan fingerprint density at radius 2 is 1.64 bits per heavy atom. The van der Waals surface area contributed by atoms with Gasteiger partial charge in [0.2, 0.25) is 0 Å². The molecular weight excluding hydrogens is 338 g/mol. The van der Waals surface area contributed by atoms with Gasteiger partial charge in [0.15, 0.2) is 5.69 Å². The van der Waals surface area contributed by atoms with Gasteiger partial charge in [-0.15, -0.1) is 0 Å². The molecule has 1 amide bonds. The lowest BCUT2D eigenvalue weighted by molar-refractivity contribution is 0.0975. The van der Waals surface area contributed by atoms with Crippen molar-refractivity contribution < 1.29 is 13.2 Å². The fourth-order valence-electron chi connectivity index (χ4n) is 2.34. The summed E-state index contributed by atoms with van der Waals surface area (Å²) in [6, 6.07) is 15.5. The van der Waals surface area contributed by atoms with E-state index in [2.05, 4.69) is 9.82 Å². The average Bonchev–Trinajstić information content (AvgIpc) is 2.98. The zero-order chi connectivity index (χ0) is 18.0. The zero-order valence-electron chi connectivity index (χ0n) is 13.8. The molecule has 0 unspecified atom stereocenters. The van der Waals surface area contributed by atoms with Gasteiger partial charge >= 0.3 is 0 Å². The van der Waals surface area contributed by atoms with Crippen molar-refractivity contribution in [3.05, 3.63) is 77.6 Å². The Morgan fingerprint density at radius 1 is 1.00 bits per heavy atom. The highest BCUT2D eigenvalue weighted by molar-refractivity contribution is 7.90. The molecule has 0 radical (unpaired) electrons. The van der Waals surface area contributed by atoms with Crippen LogP contribution in [-0.2, 0) is 10.0 Å². The van der Waals surface area contributed by atoms with Crippen LogP contribution in [0.1, 0.15) is 21.6 Å². The molecule has 0 fully saturated rings. The number of hydrogen-bond donors (Lipinski definition) is 1. The number of rotatable bonds is 4. The Hall–Kier alpha value is -2.93. The van der Waals surface area contributed by atoms with Crippen molar-refractivity contribution in [2.45, 2.75) is 18.7 Å². The van der Waals surface area contributed by atoms with Crippen LogP contribution in [0, 0.1) is 13.8 Å². The van der Waals surface area contributed by atoms with Gasteiger partial charge in [-0.3, -0.25) is 4.79 Å². The molecule has 25 heavy (non-hydrogen) atoms. The Labute approximate surface area is 146 Å². The van der Waals surface area contributed by atoms with Crippen LogP contribution in [0.5, 0.6) is 0 Å². The number of benzene rings is 2. The summed E-state index contributed by atoms with van der Waals surface area (Å²) in [5.74, 6) is -0.757. The topological polar surface area (TPSA) is 81.1 Å². The van der Waals surface area contributed by atoms with E-state index < -0.39 is 15.9 Å². The Kier molecular flexibility index (Phi) is 4.41. The molecule has 1 heterocycles. The summed E-state index contributed by atoms with van der Waals surface area (Å²) in [5.41, 5.74) is 2.37. The Morgan fingerprint density at radius 3 is 2.28 bits per heavy atom. The van der Waals surface area contributed by atoms with E-state index in [0.717, 1.165) is 11.3 Å². The number of amides is 1. The molecule has 1 N–H and O–H groups in total. The lowest BCUT2D eigenvalue weighted by Crippen LogP contribution is -2.31. The molecule has 0 atom stereocenters. The predicted octanol–water partition coefficient (Wildman–Crippen LogP) is 2.61. The fourth-order valence-corrected chi connectivity index (χ4v) is 3.30. The van der Waals surface area contributed by atoms with Crippen LogP contribution < -0.4 is 4.72 Å². The van der Waals surface area contributed by atoms with E-state index in [9.17, 15) is 13.2 Å². The van der Waals surface area contributed by atoms with Crippen molar-refractivity contribution in [3.8, 4) is 5.69 Å². The van der Waals surface area contributed by atoms with Crippen LogP contribution in [0.4, 0.5) is 0 Å². The third-order valence-electron chi connectivity index (χ3n) is 3.69. The SMILES string of the molecule is Cc1ccc(S(=O)(=O)NC(=O)c2nn(-c3ccccc3)cc2C)cc1. The number of aryl methyl sites for hydroxylation is 2. The van der Waals surface area contributed by atoms with Crippen LogP contribution in [0.15, 0.2) is 65.7 Å². The van der Waals surface area contributed by atoms with Crippen molar-refractivity contribution in [3.63, 3.8) is 0 Å². The zero-order valence-corrected chi connectivity index (χ0v) is 14.6. The van der Waals surface area contributed by atoms with Crippen molar-refractivity contribution in [1.82, 2.24) is 14.5 Å². The molecule has 0 saturated carbocycles. The third kappa shape index (κ3) is 3.61. The van der Waals surface area contributed by atoms with Gasteiger partial charge in [-0.2, -0.15) is 5.10 Å². The first-order valence-electron chi connectivity index (χ1n) is 7.62. The standard InChI is InChI=1S/C18H17N3O3S/c1-13-8-10-16(11-9-13)25(23,24)20-18(22)17-14(2)12-21(19-17)15-6-4-3-5-7-15/h3-12H,1-2H3,(H,20,22). The molecule has 6 nitrogen and oxygen atoms in total. The molecule has 2 aromatic carbocycles. The number of sulfonamides is 1. The highest BCUT2D eigenvalue weighted by Gasteiger charge is 2.22. The van der Waals surface area contributed by atoms with Crippen molar-refractivity contribution >= 4 is 15.9 Å². The summed E-state index contributed by atoms with van der Waals surface area (Å²) in [7, 11) is -3.95. The highest BCUT2D eigenvalue weighted by Crippen LogP contribution is 2.14. The predicted molar refractivity (Wildman–Crippen MR) is 94.1 cm³/mol. The van der Waals surface area contributed by atoms with Crippen molar-refractivity contribution in [1.29, 1.82) is 0 Å². The molecule has 3 aromatic rings. The van der Waals surface area contributed by atoms with Crippen LogP contribution >= 0.6 is 0 Å². The van der Waals surface area contributed by atoms with E-state index in [1.54, 1.807) is 29.9 Å². The Bertz CT molecular complexity index is 1010. The minimum atomic E-state index is -3.95. The third-order valence-corrected chi connectivity index (χ3v) is 5.04. The quantitative estimate of drug-likeness (QED) is 0.780. The van der Waals surface area contributed by atoms with Gasteiger partial charge in [-0.05, 0) is 38.1 Å². The van der Waals surface area contributed by atoms with E-state index >= 15 is 0 Å². The molecular formula is C18H17N3O3S. The van der Waals surface area contributed by atoms with Gasteiger partial charge in [-0.25, -0.2) is 17.8 Å². The number of nitrogens with zero attached hydrogens (tertiary/aromatic N) is 2. The second-order valence-electron chi connectivity index (χ2n) is 5.69. The number of hydrogen-bond acceptors (Lipinski definition) is 4. The molecule has 3 rings (SSSR count). The van der Waals surface area contributed by atoms with Crippen LogP contribution in [0.25, 0.3) is 5.69 Å². The first-order chi connectivity index (χ1) is 11.9. The van der Waals surface area contributed by atoms with Gasteiger partial charge in [0.25, 0.3) is 15.9 Å². The van der Waals surface area contributed by atoms with Crippen molar-refractivity contribution in [2.24, 2.45) is 0 Å². The monoisotopic (exact) mass is 355 g/mol. The largest absolute Gasteiger partial charge is 0.285 e. The number of aromatic nitrogens is 2. The molecule has 7 heteroatoms. The maximum atomic E-state index is 12.4. The number of nitrogens with one attached hydrogen (secondary N) is 1. The first kappa shape index (κ1) is 16.9. The summed E-state index contributed by atoms with van der Waals surface area (Å²) in [5, 5.41) is 4.21. The maximum Gasteiger partial charge on any atom is 0.285 e. The first-order valence-corrected chi connectivity index (χ1v) is 9.11. The van der Waals surface area contributed by atoms with E-state index in [1.165, 1.54) is 12.1 Å². The summed E-state index contributed by atoms with van der Waals surface area (Å²) >= 11 is 0. The number of carbonyl (C=O) groups excluding carboxylic acids is 1. The molecule has 0 saturated heterocycles.